The Balaban J connectivity index is 1.95. The van der Waals surface area contributed by atoms with Gasteiger partial charge in [0.05, 0.1) is 11.9 Å². The second-order valence-corrected chi connectivity index (χ2v) is 4.15. The second-order valence-electron chi connectivity index (χ2n) is 4.15. The summed E-state index contributed by atoms with van der Waals surface area (Å²) in [6.45, 7) is 0.735. The summed E-state index contributed by atoms with van der Waals surface area (Å²) in [6, 6.07) is 2.12. The van der Waals surface area contributed by atoms with Gasteiger partial charge in [0.15, 0.2) is 0 Å². The molecule has 0 amide bonds. The van der Waals surface area contributed by atoms with Crippen LogP contribution in [0.2, 0.25) is 0 Å². The lowest BCUT2D eigenvalue weighted by Crippen LogP contribution is -2.23. The molecule has 2 rings (SSSR count). The lowest BCUT2D eigenvalue weighted by Gasteiger charge is -2.06. The molecule has 2 N–H and O–H groups in total. The Kier molecular flexibility index (Phi) is 3.56. The molecule has 0 aromatic carbocycles. The number of hydrogen-bond donors (Lipinski definition) is 2. The van der Waals surface area contributed by atoms with E-state index in [4.69, 9.17) is 5.11 Å². The molecule has 0 radical (unpaired) electrons. The minimum Gasteiger partial charge on any atom is -0.396 e. The molecular weight excluding hydrogens is 206 g/mol. The van der Waals surface area contributed by atoms with Crippen LogP contribution in [0.4, 0.5) is 5.69 Å². The van der Waals surface area contributed by atoms with Crippen molar-refractivity contribution in [2.45, 2.75) is 38.3 Å². The quantitative estimate of drug-likeness (QED) is 0.693. The van der Waals surface area contributed by atoms with Crippen LogP contribution < -0.4 is 10.9 Å². The standard InChI is InChI=1S/C11H17N3O2/c15-6-2-1-5-14-11(16)7-10(8-12-14)13-9-3-4-9/h7-9,13,15H,1-6H2. The smallest absolute Gasteiger partial charge is 0.268 e. The molecule has 1 heterocycles. The van der Waals surface area contributed by atoms with Gasteiger partial charge < -0.3 is 10.4 Å². The first-order valence-electron chi connectivity index (χ1n) is 5.74. The minimum absolute atomic E-state index is 0.0800. The maximum atomic E-state index is 11.6. The molecule has 1 aromatic heterocycles. The van der Waals surface area contributed by atoms with Crippen LogP contribution in [0.25, 0.3) is 0 Å². The van der Waals surface area contributed by atoms with Crippen LogP contribution in [0, 0.1) is 0 Å². The second kappa shape index (κ2) is 5.12. The highest BCUT2D eigenvalue weighted by Crippen LogP contribution is 2.23. The van der Waals surface area contributed by atoms with Crippen molar-refractivity contribution in [2.24, 2.45) is 0 Å². The van der Waals surface area contributed by atoms with Crippen LogP contribution >= 0.6 is 0 Å². The molecule has 0 spiro atoms. The third-order valence-corrected chi connectivity index (χ3v) is 2.60. The Bertz CT molecular complexity index is 398. The topological polar surface area (TPSA) is 67.2 Å². The van der Waals surface area contributed by atoms with Crippen molar-refractivity contribution in [3.8, 4) is 0 Å². The van der Waals surface area contributed by atoms with Gasteiger partial charge in [-0.15, -0.1) is 0 Å². The zero-order valence-corrected chi connectivity index (χ0v) is 9.22. The number of hydrogen-bond acceptors (Lipinski definition) is 4. The molecule has 5 heteroatoms. The Morgan fingerprint density at radius 3 is 2.94 bits per heavy atom. The lowest BCUT2D eigenvalue weighted by atomic mass is 10.3. The van der Waals surface area contributed by atoms with Crippen LogP contribution in [-0.4, -0.2) is 27.5 Å². The minimum atomic E-state index is -0.0800. The molecular formula is C11H17N3O2. The third kappa shape index (κ3) is 3.06. The van der Waals surface area contributed by atoms with Crippen molar-refractivity contribution >= 4 is 5.69 Å². The SMILES string of the molecule is O=c1cc(NC2CC2)cnn1CCCCO. The van der Waals surface area contributed by atoms with E-state index >= 15 is 0 Å². The molecule has 88 valence electrons. The van der Waals surface area contributed by atoms with E-state index < -0.39 is 0 Å². The Labute approximate surface area is 94.1 Å². The third-order valence-electron chi connectivity index (χ3n) is 2.60. The molecule has 0 bridgehead atoms. The summed E-state index contributed by atoms with van der Waals surface area (Å²) in [6.07, 6.45) is 5.53. The predicted octanol–water partition coefficient (Wildman–Crippen LogP) is 0.590. The molecule has 1 aliphatic rings. The number of unbranched alkanes of at least 4 members (excludes halogenated alkanes) is 1. The molecule has 1 aliphatic carbocycles. The van der Waals surface area contributed by atoms with Crippen LogP contribution in [-0.2, 0) is 6.54 Å². The monoisotopic (exact) mass is 223 g/mol. The van der Waals surface area contributed by atoms with Gasteiger partial charge in [0.2, 0.25) is 0 Å². The normalized spacial score (nSPS) is 15.1. The van der Waals surface area contributed by atoms with E-state index in [1.54, 1.807) is 12.3 Å². The first-order valence-corrected chi connectivity index (χ1v) is 5.74. The average molecular weight is 223 g/mol. The van der Waals surface area contributed by atoms with Crippen LogP contribution in [0.1, 0.15) is 25.7 Å². The van der Waals surface area contributed by atoms with Crippen LogP contribution in [0.3, 0.4) is 0 Å². The van der Waals surface area contributed by atoms with E-state index in [0.29, 0.717) is 19.0 Å². The number of nitrogens with zero attached hydrogens (tertiary/aromatic N) is 2. The maximum Gasteiger partial charge on any atom is 0.268 e. The number of anilines is 1. The molecule has 16 heavy (non-hydrogen) atoms. The maximum absolute atomic E-state index is 11.6. The van der Waals surface area contributed by atoms with Gasteiger partial charge in [-0.25, -0.2) is 4.68 Å². The largest absolute Gasteiger partial charge is 0.396 e. The van der Waals surface area contributed by atoms with Gasteiger partial charge >= 0.3 is 0 Å². The number of aryl methyl sites for hydroxylation is 1. The van der Waals surface area contributed by atoms with Gasteiger partial charge in [-0.2, -0.15) is 5.10 Å². The molecule has 1 saturated carbocycles. The van der Waals surface area contributed by atoms with Crippen molar-refractivity contribution in [3.63, 3.8) is 0 Å². The Morgan fingerprint density at radius 2 is 2.31 bits per heavy atom. The van der Waals surface area contributed by atoms with Crippen LogP contribution in [0.5, 0.6) is 0 Å². The summed E-state index contributed by atoms with van der Waals surface area (Å²) in [5, 5.41) is 16.0. The molecule has 5 nitrogen and oxygen atoms in total. The molecule has 0 unspecified atom stereocenters. The number of nitrogens with one attached hydrogen (secondary N) is 1. The van der Waals surface area contributed by atoms with Gasteiger partial charge in [0.1, 0.15) is 0 Å². The summed E-state index contributed by atoms with van der Waals surface area (Å²) in [5.74, 6) is 0. The highest BCUT2D eigenvalue weighted by molar-refractivity contribution is 5.41. The van der Waals surface area contributed by atoms with Gasteiger partial charge in [-0.05, 0) is 25.7 Å². The highest BCUT2D eigenvalue weighted by Gasteiger charge is 2.20. The first kappa shape index (κ1) is 11.1. The zero-order chi connectivity index (χ0) is 11.4. The molecule has 1 fully saturated rings. The first-order chi connectivity index (χ1) is 7.79. The van der Waals surface area contributed by atoms with Gasteiger partial charge in [0, 0.05) is 25.3 Å². The van der Waals surface area contributed by atoms with Crippen molar-refractivity contribution in [3.05, 3.63) is 22.6 Å². The van der Waals surface area contributed by atoms with E-state index in [1.165, 1.54) is 17.5 Å². The van der Waals surface area contributed by atoms with E-state index in [9.17, 15) is 4.79 Å². The lowest BCUT2D eigenvalue weighted by molar-refractivity contribution is 0.279. The number of aliphatic hydroxyl groups is 1. The van der Waals surface area contributed by atoms with Gasteiger partial charge in [-0.3, -0.25) is 4.79 Å². The van der Waals surface area contributed by atoms with Crippen molar-refractivity contribution in [1.29, 1.82) is 0 Å². The number of aromatic nitrogens is 2. The Hall–Kier alpha value is -1.36. The predicted molar refractivity (Wildman–Crippen MR) is 61.5 cm³/mol. The molecule has 0 saturated heterocycles. The van der Waals surface area contributed by atoms with Crippen LogP contribution in [0.15, 0.2) is 17.1 Å². The van der Waals surface area contributed by atoms with E-state index in [1.807, 2.05) is 0 Å². The summed E-state index contributed by atoms with van der Waals surface area (Å²) < 4.78 is 1.44. The molecule has 1 aromatic rings. The number of aliphatic hydroxyl groups excluding tert-OH is 1. The summed E-state index contributed by atoms with van der Waals surface area (Å²) >= 11 is 0. The zero-order valence-electron chi connectivity index (χ0n) is 9.22. The highest BCUT2D eigenvalue weighted by atomic mass is 16.2. The summed E-state index contributed by atoms with van der Waals surface area (Å²) in [4.78, 5) is 11.6. The van der Waals surface area contributed by atoms with E-state index in [-0.39, 0.29) is 12.2 Å². The van der Waals surface area contributed by atoms with Crippen molar-refractivity contribution in [2.75, 3.05) is 11.9 Å². The fourth-order valence-corrected chi connectivity index (χ4v) is 1.52. The van der Waals surface area contributed by atoms with E-state index in [0.717, 1.165) is 12.1 Å². The van der Waals surface area contributed by atoms with Gasteiger partial charge in [-0.1, -0.05) is 0 Å². The summed E-state index contributed by atoms with van der Waals surface area (Å²) in [7, 11) is 0. The van der Waals surface area contributed by atoms with E-state index in [2.05, 4.69) is 10.4 Å². The fraction of sp³-hybridized carbons (Fsp3) is 0.636. The van der Waals surface area contributed by atoms with Crippen molar-refractivity contribution < 1.29 is 5.11 Å². The summed E-state index contributed by atoms with van der Waals surface area (Å²) in [5.41, 5.74) is 0.731. The number of rotatable bonds is 6. The van der Waals surface area contributed by atoms with Gasteiger partial charge in [0.25, 0.3) is 5.56 Å². The fourth-order valence-electron chi connectivity index (χ4n) is 1.52. The molecule has 0 atom stereocenters. The Morgan fingerprint density at radius 1 is 1.50 bits per heavy atom. The van der Waals surface area contributed by atoms with Crippen molar-refractivity contribution in [1.82, 2.24) is 9.78 Å². The average Bonchev–Trinajstić information content (AvgIpc) is 3.05. The molecule has 0 aliphatic heterocycles.